The van der Waals surface area contributed by atoms with Gasteiger partial charge in [0.25, 0.3) is 5.91 Å². The summed E-state index contributed by atoms with van der Waals surface area (Å²) in [7, 11) is 0. The Morgan fingerprint density at radius 3 is 2.71 bits per heavy atom. The van der Waals surface area contributed by atoms with Crippen molar-refractivity contribution >= 4 is 5.91 Å². The maximum Gasteiger partial charge on any atom is 0.260 e. The van der Waals surface area contributed by atoms with Gasteiger partial charge in [0.05, 0.1) is 6.20 Å². The minimum absolute atomic E-state index is 0.0794. The average Bonchev–Trinajstić information content (AvgIpc) is 2.66. The molecule has 2 rings (SSSR count). The van der Waals surface area contributed by atoms with Gasteiger partial charge in [0, 0.05) is 19.3 Å². The Labute approximate surface area is 102 Å². The molecule has 1 amide bonds. The lowest BCUT2D eigenvalue weighted by atomic mass is 10.2. The van der Waals surface area contributed by atoms with Gasteiger partial charge in [0.2, 0.25) is 0 Å². The molecule has 0 aromatic carbocycles. The van der Waals surface area contributed by atoms with Gasteiger partial charge < -0.3 is 9.64 Å². The first-order valence-corrected chi connectivity index (χ1v) is 6.17. The van der Waals surface area contributed by atoms with Gasteiger partial charge in [0.1, 0.15) is 5.75 Å². The van der Waals surface area contributed by atoms with Gasteiger partial charge in [-0.05, 0) is 25.0 Å². The van der Waals surface area contributed by atoms with E-state index in [2.05, 4.69) is 4.98 Å². The molecular weight excluding hydrogens is 216 g/mol. The Morgan fingerprint density at radius 1 is 1.29 bits per heavy atom. The molecule has 0 N–H and O–H groups in total. The lowest BCUT2D eigenvalue weighted by Crippen LogP contribution is -2.35. The third kappa shape index (κ3) is 3.73. The van der Waals surface area contributed by atoms with Crippen LogP contribution >= 0.6 is 0 Å². The van der Waals surface area contributed by atoms with E-state index in [4.69, 9.17) is 4.74 Å². The Bertz CT molecular complexity index is 346. The van der Waals surface area contributed by atoms with E-state index in [1.54, 1.807) is 18.5 Å². The van der Waals surface area contributed by atoms with Gasteiger partial charge in [-0.1, -0.05) is 12.8 Å². The van der Waals surface area contributed by atoms with Crippen LogP contribution in [-0.4, -0.2) is 35.5 Å². The molecular formula is C13H18N2O2. The highest BCUT2D eigenvalue weighted by Crippen LogP contribution is 2.11. The molecule has 0 spiro atoms. The average molecular weight is 234 g/mol. The Morgan fingerprint density at radius 2 is 2.06 bits per heavy atom. The quantitative estimate of drug-likeness (QED) is 0.801. The second kappa shape index (κ2) is 6.23. The first-order valence-electron chi connectivity index (χ1n) is 6.17. The molecule has 0 unspecified atom stereocenters. The summed E-state index contributed by atoms with van der Waals surface area (Å²) in [5.41, 5.74) is 0. The van der Waals surface area contributed by atoms with E-state index >= 15 is 0 Å². The highest BCUT2D eigenvalue weighted by Gasteiger charge is 2.15. The maximum atomic E-state index is 11.9. The van der Waals surface area contributed by atoms with Crippen LogP contribution in [0.2, 0.25) is 0 Å². The number of rotatable bonds is 3. The van der Waals surface area contributed by atoms with Gasteiger partial charge in [-0.25, -0.2) is 0 Å². The molecule has 2 heterocycles. The molecule has 0 saturated carbocycles. The predicted molar refractivity (Wildman–Crippen MR) is 64.8 cm³/mol. The van der Waals surface area contributed by atoms with Crippen LogP contribution in [0, 0.1) is 0 Å². The fourth-order valence-electron chi connectivity index (χ4n) is 1.99. The van der Waals surface area contributed by atoms with Crippen molar-refractivity contribution in [2.45, 2.75) is 25.7 Å². The minimum Gasteiger partial charge on any atom is -0.482 e. The molecule has 1 fully saturated rings. The van der Waals surface area contributed by atoms with Crippen molar-refractivity contribution in [3.63, 3.8) is 0 Å². The van der Waals surface area contributed by atoms with Crippen LogP contribution in [0.1, 0.15) is 25.7 Å². The monoisotopic (exact) mass is 234 g/mol. The number of ether oxygens (including phenoxy) is 1. The number of carbonyl (C=O) groups is 1. The van der Waals surface area contributed by atoms with Crippen molar-refractivity contribution in [2.24, 2.45) is 0 Å². The molecule has 0 aliphatic carbocycles. The van der Waals surface area contributed by atoms with E-state index in [9.17, 15) is 4.79 Å². The molecule has 1 saturated heterocycles. The fraction of sp³-hybridized carbons (Fsp3) is 0.538. The largest absolute Gasteiger partial charge is 0.482 e. The highest BCUT2D eigenvalue weighted by atomic mass is 16.5. The van der Waals surface area contributed by atoms with Crippen molar-refractivity contribution in [3.8, 4) is 5.75 Å². The van der Waals surface area contributed by atoms with Gasteiger partial charge in [0.15, 0.2) is 6.61 Å². The molecule has 0 radical (unpaired) electrons. The summed E-state index contributed by atoms with van der Waals surface area (Å²) >= 11 is 0. The van der Waals surface area contributed by atoms with E-state index in [0.717, 1.165) is 25.9 Å². The number of likely N-dealkylation sites (tertiary alicyclic amines) is 1. The van der Waals surface area contributed by atoms with Gasteiger partial charge >= 0.3 is 0 Å². The zero-order chi connectivity index (χ0) is 11.9. The summed E-state index contributed by atoms with van der Waals surface area (Å²) in [6.45, 7) is 1.86. The standard InChI is InChI=1S/C13H18N2O2/c16-13(15-8-3-1-2-4-9-15)11-17-12-6-5-7-14-10-12/h5-7,10H,1-4,8-9,11H2. The molecule has 0 atom stereocenters. The van der Waals surface area contributed by atoms with Crippen LogP contribution in [0.4, 0.5) is 0 Å². The number of carbonyl (C=O) groups excluding carboxylic acids is 1. The number of hydrogen-bond acceptors (Lipinski definition) is 3. The lowest BCUT2D eigenvalue weighted by Gasteiger charge is -2.20. The molecule has 1 aromatic heterocycles. The van der Waals surface area contributed by atoms with Crippen molar-refractivity contribution in [3.05, 3.63) is 24.5 Å². The highest BCUT2D eigenvalue weighted by molar-refractivity contribution is 5.77. The van der Waals surface area contributed by atoms with Crippen LogP contribution in [0.25, 0.3) is 0 Å². The Balaban J connectivity index is 1.80. The molecule has 1 aromatic rings. The van der Waals surface area contributed by atoms with Crippen LogP contribution in [-0.2, 0) is 4.79 Å². The number of hydrogen-bond donors (Lipinski definition) is 0. The normalized spacial score (nSPS) is 16.4. The molecule has 1 aliphatic heterocycles. The van der Waals surface area contributed by atoms with Crippen molar-refractivity contribution in [2.75, 3.05) is 19.7 Å². The molecule has 17 heavy (non-hydrogen) atoms. The first-order chi connectivity index (χ1) is 8.36. The third-order valence-electron chi connectivity index (χ3n) is 2.96. The number of aromatic nitrogens is 1. The second-order valence-electron chi connectivity index (χ2n) is 4.27. The first kappa shape index (κ1) is 11.9. The summed E-state index contributed by atoms with van der Waals surface area (Å²) in [6, 6.07) is 3.61. The molecule has 92 valence electrons. The summed E-state index contributed by atoms with van der Waals surface area (Å²) < 4.78 is 5.41. The number of nitrogens with zero attached hydrogens (tertiary/aromatic N) is 2. The predicted octanol–water partition coefficient (Wildman–Crippen LogP) is 1.86. The maximum absolute atomic E-state index is 11.9. The van der Waals surface area contributed by atoms with E-state index in [-0.39, 0.29) is 12.5 Å². The lowest BCUT2D eigenvalue weighted by molar-refractivity contribution is -0.133. The van der Waals surface area contributed by atoms with Crippen LogP contribution in [0.5, 0.6) is 5.75 Å². The zero-order valence-electron chi connectivity index (χ0n) is 9.97. The van der Waals surface area contributed by atoms with Crippen molar-refractivity contribution < 1.29 is 9.53 Å². The van der Waals surface area contributed by atoms with E-state index in [1.807, 2.05) is 11.0 Å². The van der Waals surface area contributed by atoms with Crippen molar-refractivity contribution in [1.29, 1.82) is 0 Å². The van der Waals surface area contributed by atoms with E-state index in [1.165, 1.54) is 12.8 Å². The van der Waals surface area contributed by atoms with Crippen LogP contribution < -0.4 is 4.74 Å². The number of pyridine rings is 1. The Kier molecular flexibility index (Phi) is 4.36. The van der Waals surface area contributed by atoms with Gasteiger partial charge in [-0.3, -0.25) is 9.78 Å². The summed E-state index contributed by atoms with van der Waals surface area (Å²) in [4.78, 5) is 17.8. The molecule has 1 aliphatic rings. The van der Waals surface area contributed by atoms with Crippen molar-refractivity contribution in [1.82, 2.24) is 9.88 Å². The topological polar surface area (TPSA) is 42.4 Å². The summed E-state index contributed by atoms with van der Waals surface area (Å²) in [5, 5.41) is 0. The molecule has 4 heteroatoms. The molecule has 0 bridgehead atoms. The van der Waals surface area contributed by atoms with E-state index in [0.29, 0.717) is 5.75 Å². The second-order valence-corrected chi connectivity index (χ2v) is 4.27. The Hall–Kier alpha value is -1.58. The summed E-state index contributed by atoms with van der Waals surface area (Å²) in [5.74, 6) is 0.728. The molecule has 4 nitrogen and oxygen atoms in total. The van der Waals surface area contributed by atoms with Crippen LogP contribution in [0.3, 0.4) is 0 Å². The van der Waals surface area contributed by atoms with E-state index < -0.39 is 0 Å². The van der Waals surface area contributed by atoms with Crippen LogP contribution in [0.15, 0.2) is 24.5 Å². The van der Waals surface area contributed by atoms with Gasteiger partial charge in [-0.15, -0.1) is 0 Å². The third-order valence-corrected chi connectivity index (χ3v) is 2.96. The SMILES string of the molecule is O=C(COc1cccnc1)N1CCCCCC1. The summed E-state index contributed by atoms with van der Waals surface area (Å²) in [6.07, 6.45) is 7.98. The smallest absolute Gasteiger partial charge is 0.260 e. The number of amides is 1. The zero-order valence-corrected chi connectivity index (χ0v) is 9.97. The minimum atomic E-state index is 0.0794. The fourth-order valence-corrected chi connectivity index (χ4v) is 1.99. The van der Waals surface area contributed by atoms with Gasteiger partial charge in [-0.2, -0.15) is 0 Å².